The number of esters is 1. The van der Waals surface area contributed by atoms with Crippen molar-refractivity contribution in [3.8, 4) is 11.5 Å². The Bertz CT molecular complexity index is 1220. The molecule has 0 unspecified atom stereocenters. The number of hydrogen-bond donors (Lipinski definition) is 0. The molecular weight excluding hydrogens is 461 g/mol. The Hall–Kier alpha value is -3.28. The molecular formula is C26H21Cl2NO4. The van der Waals surface area contributed by atoms with Crippen LogP contribution in [0, 0.1) is 0 Å². The quantitative estimate of drug-likeness (QED) is 0.277. The molecule has 5 nitrogen and oxygen atoms in total. The maximum atomic E-state index is 12.4. The van der Waals surface area contributed by atoms with Crippen LogP contribution in [0.4, 0.5) is 0 Å². The number of carbonyl (C=O) groups is 1. The number of halogens is 2. The molecule has 3 aromatic rings. The van der Waals surface area contributed by atoms with E-state index in [1.165, 1.54) is 5.56 Å². The van der Waals surface area contributed by atoms with E-state index in [1.807, 2.05) is 37.3 Å². The van der Waals surface area contributed by atoms with E-state index in [9.17, 15) is 4.79 Å². The molecule has 0 aliphatic carbocycles. The monoisotopic (exact) mass is 481 g/mol. The van der Waals surface area contributed by atoms with Crippen LogP contribution in [-0.2, 0) is 16.0 Å². The van der Waals surface area contributed by atoms with E-state index < -0.39 is 5.97 Å². The van der Waals surface area contributed by atoms with Gasteiger partial charge in [-0.25, -0.2) is 9.79 Å². The van der Waals surface area contributed by atoms with E-state index in [2.05, 4.69) is 4.99 Å². The van der Waals surface area contributed by atoms with Gasteiger partial charge in [0, 0.05) is 6.42 Å². The number of cyclic esters (lactones) is 1. The summed E-state index contributed by atoms with van der Waals surface area (Å²) in [6.45, 7) is 2.76. The lowest BCUT2D eigenvalue weighted by atomic mass is 10.1. The minimum Gasteiger partial charge on any atom is -0.490 e. The third-order valence-electron chi connectivity index (χ3n) is 4.84. The SMILES string of the molecule is CCOc1cc(/C=C2\N=C(c3ccccc3Cl)OC2=O)cc(Cl)c1OCCc1ccccc1. The van der Waals surface area contributed by atoms with Crippen LogP contribution in [0.1, 0.15) is 23.6 Å². The largest absolute Gasteiger partial charge is 0.490 e. The van der Waals surface area contributed by atoms with Crippen molar-refractivity contribution in [1.29, 1.82) is 0 Å². The smallest absolute Gasteiger partial charge is 0.363 e. The Morgan fingerprint density at radius 3 is 2.48 bits per heavy atom. The maximum Gasteiger partial charge on any atom is 0.363 e. The van der Waals surface area contributed by atoms with Crippen molar-refractivity contribution < 1.29 is 19.0 Å². The lowest BCUT2D eigenvalue weighted by Gasteiger charge is -2.14. The normalized spacial score (nSPS) is 14.2. The maximum absolute atomic E-state index is 12.4. The topological polar surface area (TPSA) is 57.1 Å². The summed E-state index contributed by atoms with van der Waals surface area (Å²) in [6.07, 6.45) is 2.33. The van der Waals surface area contributed by atoms with Crippen LogP contribution in [0.25, 0.3) is 6.08 Å². The average molecular weight is 482 g/mol. The van der Waals surface area contributed by atoms with Crippen molar-refractivity contribution in [2.45, 2.75) is 13.3 Å². The number of aliphatic imine (C=N–C) groups is 1. The number of rotatable bonds is 8. The van der Waals surface area contributed by atoms with Crippen LogP contribution in [0.5, 0.6) is 11.5 Å². The van der Waals surface area contributed by atoms with Gasteiger partial charge < -0.3 is 14.2 Å². The molecule has 0 radical (unpaired) electrons. The molecule has 0 saturated carbocycles. The van der Waals surface area contributed by atoms with E-state index in [0.29, 0.717) is 45.9 Å². The zero-order valence-electron chi connectivity index (χ0n) is 17.9. The van der Waals surface area contributed by atoms with Gasteiger partial charge >= 0.3 is 5.97 Å². The van der Waals surface area contributed by atoms with Gasteiger partial charge in [-0.1, -0.05) is 65.7 Å². The molecule has 1 aliphatic heterocycles. The summed E-state index contributed by atoms with van der Waals surface area (Å²) in [5.74, 6) is 0.550. The van der Waals surface area contributed by atoms with Crippen molar-refractivity contribution in [2.75, 3.05) is 13.2 Å². The third-order valence-corrected chi connectivity index (χ3v) is 5.45. The molecule has 4 rings (SSSR count). The summed E-state index contributed by atoms with van der Waals surface area (Å²) < 4.78 is 17.0. The fourth-order valence-electron chi connectivity index (χ4n) is 3.31. The van der Waals surface area contributed by atoms with Gasteiger partial charge in [-0.05, 0) is 48.4 Å². The predicted octanol–water partition coefficient (Wildman–Crippen LogP) is 6.36. The average Bonchev–Trinajstić information content (AvgIpc) is 3.16. The second-order valence-corrected chi connectivity index (χ2v) is 7.98. The first-order valence-electron chi connectivity index (χ1n) is 10.5. The molecule has 0 bridgehead atoms. The summed E-state index contributed by atoms with van der Waals surface area (Å²) in [6, 6.07) is 20.5. The molecule has 0 spiro atoms. The Labute approximate surface area is 202 Å². The van der Waals surface area contributed by atoms with E-state index in [-0.39, 0.29) is 11.6 Å². The summed E-state index contributed by atoms with van der Waals surface area (Å²) in [5, 5.41) is 0.825. The van der Waals surface area contributed by atoms with Crippen molar-refractivity contribution in [2.24, 2.45) is 4.99 Å². The van der Waals surface area contributed by atoms with Gasteiger partial charge in [0.2, 0.25) is 5.90 Å². The molecule has 0 atom stereocenters. The second kappa shape index (κ2) is 10.6. The standard InChI is InChI=1S/C26H21Cl2NO4/c1-2-31-23-16-18(14-21(28)24(23)32-13-12-17-8-4-3-5-9-17)15-22-26(30)33-25(29-22)19-10-6-7-11-20(19)27/h3-11,14-16H,2,12-13H2,1H3/b22-15-. The summed E-state index contributed by atoms with van der Waals surface area (Å²) in [5.41, 5.74) is 2.49. The van der Waals surface area contributed by atoms with Gasteiger partial charge in [-0.3, -0.25) is 0 Å². The van der Waals surface area contributed by atoms with Crippen molar-refractivity contribution in [1.82, 2.24) is 0 Å². The Balaban J connectivity index is 1.57. The van der Waals surface area contributed by atoms with Gasteiger partial charge in [0.1, 0.15) is 0 Å². The number of hydrogen-bond acceptors (Lipinski definition) is 5. The first-order chi connectivity index (χ1) is 16.0. The van der Waals surface area contributed by atoms with Crippen LogP contribution >= 0.6 is 23.2 Å². The van der Waals surface area contributed by atoms with Crippen molar-refractivity contribution in [3.05, 3.63) is 99.2 Å². The van der Waals surface area contributed by atoms with Crippen LogP contribution in [0.15, 0.2) is 77.4 Å². The highest BCUT2D eigenvalue weighted by Gasteiger charge is 2.25. The van der Waals surface area contributed by atoms with E-state index >= 15 is 0 Å². The summed E-state index contributed by atoms with van der Waals surface area (Å²) in [4.78, 5) is 16.7. The van der Waals surface area contributed by atoms with Crippen LogP contribution in [0.2, 0.25) is 10.0 Å². The second-order valence-electron chi connectivity index (χ2n) is 7.16. The fraction of sp³-hybridized carbons (Fsp3) is 0.154. The number of nitrogens with zero attached hydrogens (tertiary/aromatic N) is 1. The van der Waals surface area contributed by atoms with Gasteiger partial charge in [0.15, 0.2) is 17.2 Å². The zero-order chi connectivity index (χ0) is 23.2. The van der Waals surface area contributed by atoms with E-state index in [4.69, 9.17) is 37.4 Å². The van der Waals surface area contributed by atoms with E-state index in [1.54, 1.807) is 42.5 Å². The molecule has 0 fully saturated rings. The number of carbonyl (C=O) groups excluding carboxylic acids is 1. The van der Waals surface area contributed by atoms with Crippen LogP contribution < -0.4 is 9.47 Å². The zero-order valence-corrected chi connectivity index (χ0v) is 19.4. The molecule has 3 aromatic carbocycles. The van der Waals surface area contributed by atoms with Gasteiger partial charge in [-0.15, -0.1) is 0 Å². The van der Waals surface area contributed by atoms with Crippen molar-refractivity contribution >= 4 is 41.1 Å². The molecule has 0 amide bonds. The predicted molar refractivity (Wildman–Crippen MR) is 130 cm³/mol. The fourth-order valence-corrected chi connectivity index (χ4v) is 3.80. The molecule has 168 valence electrons. The van der Waals surface area contributed by atoms with Gasteiger partial charge in [-0.2, -0.15) is 0 Å². The van der Waals surface area contributed by atoms with Gasteiger partial charge in [0.25, 0.3) is 0 Å². The summed E-state index contributed by atoms with van der Waals surface area (Å²) >= 11 is 12.7. The van der Waals surface area contributed by atoms with Gasteiger partial charge in [0.05, 0.1) is 28.8 Å². The lowest BCUT2D eigenvalue weighted by Crippen LogP contribution is -2.06. The molecule has 33 heavy (non-hydrogen) atoms. The highest BCUT2D eigenvalue weighted by Crippen LogP contribution is 2.38. The number of ether oxygens (including phenoxy) is 3. The molecule has 7 heteroatoms. The molecule has 1 heterocycles. The lowest BCUT2D eigenvalue weighted by molar-refractivity contribution is -0.129. The number of benzene rings is 3. The first kappa shape index (κ1) is 22.9. The molecule has 1 aliphatic rings. The molecule has 0 aromatic heterocycles. The highest BCUT2D eigenvalue weighted by atomic mass is 35.5. The summed E-state index contributed by atoms with van der Waals surface area (Å²) in [7, 11) is 0. The van der Waals surface area contributed by atoms with Crippen LogP contribution in [0.3, 0.4) is 0 Å². The Morgan fingerprint density at radius 2 is 1.73 bits per heavy atom. The van der Waals surface area contributed by atoms with Crippen molar-refractivity contribution in [3.63, 3.8) is 0 Å². The van der Waals surface area contributed by atoms with E-state index in [0.717, 1.165) is 6.42 Å². The highest BCUT2D eigenvalue weighted by molar-refractivity contribution is 6.34. The Kier molecular flexibility index (Phi) is 7.33. The Morgan fingerprint density at radius 1 is 0.970 bits per heavy atom. The minimum atomic E-state index is -0.567. The third kappa shape index (κ3) is 5.56. The minimum absolute atomic E-state index is 0.140. The van der Waals surface area contributed by atoms with Crippen LogP contribution in [-0.4, -0.2) is 25.1 Å². The molecule has 0 saturated heterocycles. The molecule has 0 N–H and O–H groups in total. The first-order valence-corrected chi connectivity index (χ1v) is 11.2.